The van der Waals surface area contributed by atoms with Crippen LogP contribution in [0.25, 0.3) is 5.69 Å². The number of hydrogen-bond acceptors (Lipinski definition) is 4. The molecule has 0 amide bonds. The van der Waals surface area contributed by atoms with Crippen LogP contribution in [0.5, 0.6) is 0 Å². The molecule has 0 fully saturated rings. The van der Waals surface area contributed by atoms with Gasteiger partial charge in [-0.15, -0.1) is 0 Å². The van der Waals surface area contributed by atoms with Crippen LogP contribution < -0.4 is 5.73 Å². The van der Waals surface area contributed by atoms with E-state index in [4.69, 9.17) is 15.7 Å². The molecule has 0 aliphatic heterocycles. The molecule has 0 saturated heterocycles. The van der Waals surface area contributed by atoms with Crippen molar-refractivity contribution >= 4 is 5.69 Å². The van der Waals surface area contributed by atoms with Gasteiger partial charge in [-0.3, -0.25) is 0 Å². The molecule has 0 bridgehead atoms. The van der Waals surface area contributed by atoms with Crippen LogP contribution >= 0.6 is 0 Å². The molecule has 0 radical (unpaired) electrons. The van der Waals surface area contributed by atoms with Crippen molar-refractivity contribution in [1.82, 2.24) is 9.78 Å². The van der Waals surface area contributed by atoms with Crippen LogP contribution in [0.1, 0.15) is 11.1 Å². The molecule has 19 heavy (non-hydrogen) atoms. The van der Waals surface area contributed by atoms with Crippen LogP contribution in [0.2, 0.25) is 0 Å². The number of aromatic nitrogens is 2. The summed E-state index contributed by atoms with van der Waals surface area (Å²) in [6.45, 7) is 0.313. The highest BCUT2D eigenvalue weighted by molar-refractivity contribution is 5.68. The minimum atomic E-state index is 0.313. The Kier molecular flexibility index (Phi) is 3.82. The van der Waals surface area contributed by atoms with E-state index >= 15 is 0 Å². The molecule has 0 atom stereocenters. The monoisotopic (exact) mass is 252 g/mol. The fourth-order valence-corrected chi connectivity index (χ4v) is 1.59. The molecule has 0 spiro atoms. The molecule has 0 aliphatic rings. The van der Waals surface area contributed by atoms with E-state index in [0.29, 0.717) is 23.4 Å². The van der Waals surface area contributed by atoms with Crippen LogP contribution in [-0.4, -0.2) is 23.5 Å². The van der Waals surface area contributed by atoms with E-state index in [9.17, 15) is 0 Å². The summed E-state index contributed by atoms with van der Waals surface area (Å²) in [5, 5.41) is 13.2. The lowest BCUT2D eigenvalue weighted by molar-refractivity contribution is 0.240. The standard InChI is InChI=1S/C14H12N4O/c1-19-7-2-4-11-8-13(18-6-3-5-17-18)9-12(10-15)14(11)16/h3,5-6,8-9H,7,16H2,1H3. The maximum atomic E-state index is 9.10. The fraction of sp³-hybridized carbons (Fsp3) is 0.143. The van der Waals surface area contributed by atoms with Gasteiger partial charge in [-0.1, -0.05) is 11.8 Å². The van der Waals surface area contributed by atoms with Gasteiger partial charge < -0.3 is 10.5 Å². The molecule has 1 aromatic heterocycles. The summed E-state index contributed by atoms with van der Waals surface area (Å²) in [6.07, 6.45) is 3.46. The molecule has 0 saturated carbocycles. The number of nitrogen functional groups attached to an aromatic ring is 1. The minimum absolute atomic E-state index is 0.313. The molecule has 1 heterocycles. The summed E-state index contributed by atoms with van der Waals surface area (Å²) in [6, 6.07) is 7.35. The van der Waals surface area contributed by atoms with Gasteiger partial charge in [0.25, 0.3) is 0 Å². The van der Waals surface area contributed by atoms with Gasteiger partial charge in [-0.25, -0.2) is 4.68 Å². The Morgan fingerprint density at radius 1 is 1.42 bits per heavy atom. The molecule has 1 aromatic carbocycles. The third-order valence-electron chi connectivity index (χ3n) is 2.49. The highest BCUT2D eigenvalue weighted by Crippen LogP contribution is 2.21. The first-order chi connectivity index (χ1) is 9.26. The largest absolute Gasteiger partial charge is 0.397 e. The summed E-state index contributed by atoms with van der Waals surface area (Å²) in [7, 11) is 1.57. The van der Waals surface area contributed by atoms with E-state index < -0.39 is 0 Å². The van der Waals surface area contributed by atoms with E-state index in [1.54, 1.807) is 42.4 Å². The van der Waals surface area contributed by atoms with Gasteiger partial charge in [0.1, 0.15) is 12.7 Å². The number of ether oxygens (including phenoxy) is 1. The van der Waals surface area contributed by atoms with Gasteiger partial charge in [-0.05, 0) is 18.2 Å². The molecule has 0 unspecified atom stereocenters. The van der Waals surface area contributed by atoms with Crippen molar-refractivity contribution in [2.75, 3.05) is 19.5 Å². The summed E-state index contributed by atoms with van der Waals surface area (Å²) in [5.41, 5.74) is 8.01. The van der Waals surface area contributed by atoms with Gasteiger partial charge >= 0.3 is 0 Å². The van der Waals surface area contributed by atoms with Crippen LogP contribution in [-0.2, 0) is 4.74 Å². The highest BCUT2D eigenvalue weighted by Gasteiger charge is 2.07. The third kappa shape index (κ3) is 2.74. The van der Waals surface area contributed by atoms with Gasteiger partial charge in [0.15, 0.2) is 0 Å². The van der Waals surface area contributed by atoms with E-state index in [1.807, 2.05) is 0 Å². The Morgan fingerprint density at radius 2 is 2.21 bits per heavy atom. The van der Waals surface area contributed by atoms with Crippen LogP contribution in [0, 0.1) is 23.2 Å². The number of nitrogens with zero attached hydrogens (tertiary/aromatic N) is 3. The van der Waals surface area contributed by atoms with Crippen molar-refractivity contribution in [1.29, 1.82) is 5.26 Å². The van der Waals surface area contributed by atoms with Crippen LogP contribution in [0.4, 0.5) is 5.69 Å². The Hall–Kier alpha value is -2.76. The number of methoxy groups -OCH3 is 1. The van der Waals surface area contributed by atoms with Crippen molar-refractivity contribution in [3.8, 4) is 23.6 Å². The number of benzene rings is 1. The number of hydrogen-bond donors (Lipinski definition) is 1. The topological polar surface area (TPSA) is 76.9 Å². The quantitative estimate of drug-likeness (QED) is 0.646. The van der Waals surface area contributed by atoms with Crippen molar-refractivity contribution in [2.24, 2.45) is 0 Å². The van der Waals surface area contributed by atoms with Crippen molar-refractivity contribution in [2.45, 2.75) is 0 Å². The molecule has 2 aromatic rings. The van der Waals surface area contributed by atoms with Gasteiger partial charge in [-0.2, -0.15) is 10.4 Å². The lowest BCUT2D eigenvalue weighted by Gasteiger charge is -2.06. The second kappa shape index (κ2) is 5.72. The second-order valence-electron chi connectivity index (χ2n) is 3.75. The molecule has 0 aliphatic carbocycles. The normalized spacial score (nSPS) is 9.47. The molecule has 5 heteroatoms. The first kappa shape index (κ1) is 12.7. The number of anilines is 1. The Bertz CT molecular complexity index is 672. The lowest BCUT2D eigenvalue weighted by Crippen LogP contribution is -2.01. The summed E-state index contributed by atoms with van der Waals surface area (Å²) < 4.78 is 6.52. The van der Waals surface area contributed by atoms with Crippen molar-refractivity contribution in [3.63, 3.8) is 0 Å². The first-order valence-electron chi connectivity index (χ1n) is 5.57. The second-order valence-corrected chi connectivity index (χ2v) is 3.75. The number of nitrogens with two attached hydrogens (primary N) is 1. The Balaban J connectivity index is 2.52. The van der Waals surface area contributed by atoms with Crippen molar-refractivity contribution < 1.29 is 4.74 Å². The number of nitriles is 1. The Labute approximate surface area is 111 Å². The van der Waals surface area contributed by atoms with Gasteiger partial charge in [0, 0.05) is 19.5 Å². The fourth-order valence-electron chi connectivity index (χ4n) is 1.59. The SMILES string of the molecule is COCC#Cc1cc(-n2cccn2)cc(C#N)c1N. The first-order valence-corrected chi connectivity index (χ1v) is 5.57. The molecular weight excluding hydrogens is 240 g/mol. The van der Waals surface area contributed by atoms with E-state index in [-0.39, 0.29) is 0 Å². The van der Waals surface area contributed by atoms with E-state index in [1.165, 1.54) is 0 Å². The predicted octanol–water partition coefficient (Wildman–Crippen LogP) is 1.32. The van der Waals surface area contributed by atoms with E-state index in [0.717, 1.165) is 5.69 Å². The smallest absolute Gasteiger partial charge is 0.107 e. The van der Waals surface area contributed by atoms with Crippen LogP contribution in [0.15, 0.2) is 30.6 Å². The zero-order valence-electron chi connectivity index (χ0n) is 10.4. The number of rotatable bonds is 2. The maximum Gasteiger partial charge on any atom is 0.107 e. The Morgan fingerprint density at radius 3 is 2.84 bits per heavy atom. The van der Waals surface area contributed by atoms with E-state index in [2.05, 4.69) is 23.0 Å². The summed E-state index contributed by atoms with van der Waals surface area (Å²) >= 11 is 0. The molecular formula is C14H12N4O. The molecule has 94 valence electrons. The average Bonchev–Trinajstić information content (AvgIpc) is 2.95. The van der Waals surface area contributed by atoms with Crippen molar-refractivity contribution in [3.05, 3.63) is 41.7 Å². The van der Waals surface area contributed by atoms with Gasteiger partial charge in [0.05, 0.1) is 22.5 Å². The lowest BCUT2D eigenvalue weighted by atomic mass is 10.1. The average molecular weight is 252 g/mol. The third-order valence-corrected chi connectivity index (χ3v) is 2.49. The maximum absolute atomic E-state index is 9.10. The minimum Gasteiger partial charge on any atom is -0.397 e. The molecule has 2 rings (SSSR count). The zero-order valence-corrected chi connectivity index (χ0v) is 10.4. The summed E-state index contributed by atoms with van der Waals surface area (Å²) in [5.74, 6) is 5.72. The molecule has 2 N–H and O–H groups in total. The predicted molar refractivity (Wildman–Crippen MR) is 71.4 cm³/mol. The molecule has 5 nitrogen and oxygen atoms in total. The highest BCUT2D eigenvalue weighted by atomic mass is 16.5. The van der Waals surface area contributed by atoms with Gasteiger partial charge in [0.2, 0.25) is 0 Å². The van der Waals surface area contributed by atoms with Crippen LogP contribution in [0.3, 0.4) is 0 Å². The zero-order chi connectivity index (χ0) is 13.7. The summed E-state index contributed by atoms with van der Waals surface area (Å²) in [4.78, 5) is 0.